The molecule has 2 heterocycles. The Morgan fingerprint density at radius 1 is 0.889 bits per heavy atom. The van der Waals surface area contributed by atoms with Crippen molar-refractivity contribution in [2.45, 2.75) is 44.2 Å². The summed E-state index contributed by atoms with van der Waals surface area (Å²) in [6.07, 6.45) is 5.86. The molecule has 27 heavy (non-hydrogen) atoms. The first-order chi connectivity index (χ1) is 13.3. The Kier molecular flexibility index (Phi) is 4.04. The maximum atomic E-state index is 13.4. The molecule has 2 aliphatic rings. The molecule has 3 aromatic rings. The minimum absolute atomic E-state index is 0.0641. The number of rotatable bonds is 3. The molecule has 0 spiro atoms. The lowest BCUT2D eigenvalue weighted by Gasteiger charge is -2.36. The van der Waals surface area contributed by atoms with E-state index in [-0.39, 0.29) is 11.9 Å². The number of nitrogens with zero attached hydrogens (tertiary/aromatic N) is 2. The molecular weight excluding hydrogens is 334 g/mol. The van der Waals surface area contributed by atoms with Crippen molar-refractivity contribution < 1.29 is 4.79 Å². The van der Waals surface area contributed by atoms with Gasteiger partial charge in [0, 0.05) is 17.2 Å². The smallest absolute Gasteiger partial charge is 0.273 e. The van der Waals surface area contributed by atoms with Crippen molar-refractivity contribution in [3.8, 4) is 11.3 Å². The summed E-state index contributed by atoms with van der Waals surface area (Å²) in [6.45, 7) is 0. The highest BCUT2D eigenvalue weighted by atomic mass is 16.2. The number of aromatic amines is 1. The van der Waals surface area contributed by atoms with Crippen LogP contribution in [0, 0.1) is 0 Å². The van der Waals surface area contributed by atoms with Crippen LogP contribution in [0.4, 0.5) is 0 Å². The largest absolute Gasteiger partial charge is 0.323 e. The SMILES string of the molecule is O=C1c2[nH]nc(-c3ccccc3)c2C(c2ccccc2)N1C1CCCCC1. The number of H-pyrrole nitrogens is 1. The van der Waals surface area contributed by atoms with Gasteiger partial charge in [-0.2, -0.15) is 5.10 Å². The second kappa shape index (κ2) is 6.69. The summed E-state index contributed by atoms with van der Waals surface area (Å²) in [5.74, 6) is 0.0976. The van der Waals surface area contributed by atoms with Crippen molar-refractivity contribution in [1.29, 1.82) is 0 Å². The third-order valence-electron chi connectivity index (χ3n) is 5.93. The molecule has 136 valence electrons. The third-order valence-corrected chi connectivity index (χ3v) is 5.93. The first-order valence-electron chi connectivity index (χ1n) is 9.86. The maximum absolute atomic E-state index is 13.4. The van der Waals surface area contributed by atoms with Crippen molar-refractivity contribution in [2.24, 2.45) is 0 Å². The van der Waals surface area contributed by atoms with E-state index in [1.807, 2.05) is 24.3 Å². The topological polar surface area (TPSA) is 49.0 Å². The molecule has 1 unspecified atom stereocenters. The molecule has 1 aliphatic heterocycles. The zero-order valence-electron chi connectivity index (χ0n) is 15.3. The summed E-state index contributed by atoms with van der Waals surface area (Å²) in [5.41, 5.74) is 4.80. The molecule has 1 fully saturated rings. The Morgan fingerprint density at radius 2 is 1.56 bits per heavy atom. The van der Waals surface area contributed by atoms with Crippen LogP contribution in [-0.2, 0) is 0 Å². The number of carbonyl (C=O) groups is 1. The molecule has 1 N–H and O–H groups in total. The average molecular weight is 357 g/mol. The van der Waals surface area contributed by atoms with E-state index in [0.717, 1.165) is 35.2 Å². The highest BCUT2D eigenvalue weighted by Crippen LogP contribution is 2.45. The van der Waals surface area contributed by atoms with Gasteiger partial charge in [-0.3, -0.25) is 9.89 Å². The summed E-state index contributed by atoms with van der Waals surface area (Å²) < 4.78 is 0. The van der Waals surface area contributed by atoms with Crippen molar-refractivity contribution in [3.05, 3.63) is 77.5 Å². The number of benzene rings is 2. The van der Waals surface area contributed by atoms with Gasteiger partial charge in [-0.05, 0) is 18.4 Å². The van der Waals surface area contributed by atoms with Crippen molar-refractivity contribution in [3.63, 3.8) is 0 Å². The van der Waals surface area contributed by atoms with Gasteiger partial charge in [0.1, 0.15) is 5.69 Å². The summed E-state index contributed by atoms with van der Waals surface area (Å²) >= 11 is 0. The fourth-order valence-electron chi connectivity index (χ4n) is 4.68. The van der Waals surface area contributed by atoms with E-state index in [1.54, 1.807) is 0 Å². The van der Waals surface area contributed by atoms with Crippen molar-refractivity contribution >= 4 is 5.91 Å². The zero-order valence-corrected chi connectivity index (χ0v) is 15.3. The lowest BCUT2D eigenvalue weighted by atomic mass is 9.91. The number of fused-ring (bicyclic) bond motifs is 1. The van der Waals surface area contributed by atoms with Crippen LogP contribution in [0.5, 0.6) is 0 Å². The van der Waals surface area contributed by atoms with Crippen LogP contribution in [-0.4, -0.2) is 27.0 Å². The third kappa shape index (κ3) is 2.67. The van der Waals surface area contributed by atoms with Crippen LogP contribution >= 0.6 is 0 Å². The molecule has 0 radical (unpaired) electrons. The van der Waals surface area contributed by atoms with Gasteiger partial charge in [0.05, 0.1) is 11.7 Å². The molecule has 4 heteroatoms. The van der Waals surface area contributed by atoms with Crippen LogP contribution in [0.2, 0.25) is 0 Å². The van der Waals surface area contributed by atoms with E-state index >= 15 is 0 Å². The molecule has 2 aromatic carbocycles. The molecule has 1 aromatic heterocycles. The minimum atomic E-state index is -0.0641. The number of hydrogen-bond donors (Lipinski definition) is 1. The standard InChI is InChI=1S/C23H23N3O/c27-23-21-19(20(24-25-21)16-10-4-1-5-11-16)22(17-12-6-2-7-13-17)26(23)18-14-8-3-9-15-18/h1-2,4-7,10-13,18,22H,3,8-9,14-15H2,(H,24,25). The molecule has 1 aliphatic carbocycles. The Labute approximate surface area is 159 Å². The summed E-state index contributed by atoms with van der Waals surface area (Å²) in [4.78, 5) is 15.5. The predicted molar refractivity (Wildman–Crippen MR) is 105 cm³/mol. The quantitative estimate of drug-likeness (QED) is 0.721. The van der Waals surface area contributed by atoms with Gasteiger partial charge in [0.25, 0.3) is 5.91 Å². The normalized spacial score (nSPS) is 20.1. The Morgan fingerprint density at radius 3 is 2.26 bits per heavy atom. The molecule has 5 rings (SSSR count). The number of carbonyl (C=O) groups excluding carboxylic acids is 1. The molecule has 0 bridgehead atoms. The average Bonchev–Trinajstić information content (AvgIpc) is 3.29. The van der Waals surface area contributed by atoms with Crippen molar-refractivity contribution in [1.82, 2.24) is 15.1 Å². The predicted octanol–water partition coefficient (Wildman–Crippen LogP) is 4.95. The number of hydrogen-bond acceptors (Lipinski definition) is 2. The van der Waals surface area contributed by atoms with Crippen LogP contribution in [0.25, 0.3) is 11.3 Å². The number of aromatic nitrogens is 2. The minimum Gasteiger partial charge on any atom is -0.323 e. The van der Waals surface area contributed by atoms with Crippen molar-refractivity contribution in [2.75, 3.05) is 0 Å². The fourth-order valence-corrected chi connectivity index (χ4v) is 4.68. The second-order valence-electron chi connectivity index (χ2n) is 7.54. The number of amides is 1. The van der Waals surface area contributed by atoms with E-state index in [4.69, 9.17) is 0 Å². The Hall–Kier alpha value is -2.88. The summed E-state index contributed by atoms with van der Waals surface area (Å²) in [7, 11) is 0. The first-order valence-corrected chi connectivity index (χ1v) is 9.86. The summed E-state index contributed by atoms with van der Waals surface area (Å²) in [6, 6.07) is 20.8. The Bertz CT molecular complexity index is 942. The van der Waals surface area contributed by atoms with Gasteiger partial charge in [-0.15, -0.1) is 0 Å². The molecule has 1 saturated carbocycles. The van der Waals surface area contributed by atoms with Gasteiger partial charge in [0.15, 0.2) is 0 Å². The van der Waals surface area contributed by atoms with Gasteiger partial charge in [0.2, 0.25) is 0 Å². The molecule has 1 amide bonds. The van der Waals surface area contributed by atoms with E-state index in [0.29, 0.717) is 11.7 Å². The van der Waals surface area contributed by atoms with E-state index in [1.165, 1.54) is 19.3 Å². The molecule has 0 saturated heterocycles. The van der Waals surface area contributed by atoms with E-state index in [9.17, 15) is 4.79 Å². The summed E-state index contributed by atoms with van der Waals surface area (Å²) in [5, 5.41) is 7.60. The van der Waals surface area contributed by atoms with Crippen LogP contribution in [0.3, 0.4) is 0 Å². The highest BCUT2D eigenvalue weighted by molar-refractivity contribution is 6.00. The Balaban J connectivity index is 1.66. The lowest BCUT2D eigenvalue weighted by molar-refractivity contribution is 0.0606. The molecule has 4 nitrogen and oxygen atoms in total. The first kappa shape index (κ1) is 16.3. The monoisotopic (exact) mass is 357 g/mol. The van der Waals surface area contributed by atoms with Crippen LogP contribution in [0.15, 0.2) is 60.7 Å². The van der Waals surface area contributed by atoms with Gasteiger partial charge < -0.3 is 4.90 Å². The maximum Gasteiger partial charge on any atom is 0.273 e. The molecular formula is C23H23N3O. The van der Waals surface area contributed by atoms with Gasteiger partial charge >= 0.3 is 0 Å². The van der Waals surface area contributed by atoms with Crippen LogP contribution in [0.1, 0.15) is 59.8 Å². The van der Waals surface area contributed by atoms with Gasteiger partial charge in [-0.1, -0.05) is 79.9 Å². The second-order valence-corrected chi connectivity index (χ2v) is 7.54. The number of nitrogens with one attached hydrogen (secondary N) is 1. The lowest BCUT2D eigenvalue weighted by Crippen LogP contribution is -2.40. The zero-order chi connectivity index (χ0) is 18.2. The van der Waals surface area contributed by atoms with E-state index < -0.39 is 0 Å². The highest BCUT2D eigenvalue weighted by Gasteiger charge is 2.45. The van der Waals surface area contributed by atoms with E-state index in [2.05, 4.69) is 51.5 Å². The van der Waals surface area contributed by atoms with Gasteiger partial charge in [-0.25, -0.2) is 0 Å². The van der Waals surface area contributed by atoms with Crippen LogP contribution < -0.4 is 0 Å². The molecule has 1 atom stereocenters. The fraction of sp³-hybridized carbons (Fsp3) is 0.304.